The molecule has 0 aliphatic carbocycles. The highest BCUT2D eigenvalue weighted by atomic mass is 16.5. The molecule has 0 spiro atoms. The molecule has 1 saturated heterocycles. The van der Waals surface area contributed by atoms with E-state index in [1.807, 2.05) is 42.5 Å². The largest absolute Gasteiger partial charge is 0.339 e. The smallest absolute Gasteiger partial charge is 0.232 e. The van der Waals surface area contributed by atoms with Crippen molar-refractivity contribution in [1.29, 1.82) is 0 Å². The molecule has 0 radical (unpaired) electrons. The zero-order valence-electron chi connectivity index (χ0n) is 12.3. The predicted octanol–water partition coefficient (Wildman–Crippen LogP) is 2.65. The zero-order chi connectivity index (χ0) is 15.6. The van der Waals surface area contributed by atoms with Gasteiger partial charge in [-0.2, -0.15) is 4.98 Å². The molecule has 2 aromatic heterocycles. The van der Waals surface area contributed by atoms with Crippen molar-refractivity contribution >= 4 is 11.6 Å². The Morgan fingerprint density at radius 3 is 2.65 bits per heavy atom. The van der Waals surface area contributed by atoms with Crippen molar-refractivity contribution in [3.05, 3.63) is 60.7 Å². The molecule has 4 rings (SSSR count). The second-order valence-corrected chi connectivity index (χ2v) is 5.43. The molecule has 1 fully saturated rings. The summed E-state index contributed by atoms with van der Waals surface area (Å²) in [6, 6.07) is 13.3. The molecule has 114 valence electrons. The topological polar surface area (TPSA) is 72.1 Å². The second-order valence-electron chi connectivity index (χ2n) is 5.43. The molecule has 23 heavy (non-hydrogen) atoms. The van der Waals surface area contributed by atoms with Gasteiger partial charge in [-0.05, 0) is 24.3 Å². The number of benzene rings is 1. The van der Waals surface area contributed by atoms with Gasteiger partial charge in [0.2, 0.25) is 17.6 Å². The van der Waals surface area contributed by atoms with Crippen molar-refractivity contribution in [2.24, 2.45) is 0 Å². The summed E-state index contributed by atoms with van der Waals surface area (Å²) in [7, 11) is 0. The summed E-state index contributed by atoms with van der Waals surface area (Å²) in [5.74, 6) is 1.02. The van der Waals surface area contributed by atoms with Crippen molar-refractivity contribution in [2.75, 3.05) is 11.4 Å². The van der Waals surface area contributed by atoms with Crippen molar-refractivity contribution < 1.29 is 9.32 Å². The number of carbonyl (C=O) groups is 1. The Kier molecular flexibility index (Phi) is 3.34. The van der Waals surface area contributed by atoms with Crippen molar-refractivity contribution in [3.8, 4) is 11.4 Å². The fraction of sp³-hybridized carbons (Fsp3) is 0.176. The SMILES string of the molecule is O=C1C[C@@H](c2nc(-c3ccncc3)no2)CN1c1ccccc1. The van der Waals surface area contributed by atoms with Gasteiger partial charge in [0, 0.05) is 36.6 Å². The summed E-state index contributed by atoms with van der Waals surface area (Å²) in [5, 5.41) is 4.01. The van der Waals surface area contributed by atoms with Crippen LogP contribution >= 0.6 is 0 Å². The van der Waals surface area contributed by atoms with Gasteiger partial charge >= 0.3 is 0 Å². The Bertz CT molecular complexity index is 817. The summed E-state index contributed by atoms with van der Waals surface area (Å²) < 4.78 is 5.38. The summed E-state index contributed by atoms with van der Waals surface area (Å²) in [4.78, 5) is 22.4. The van der Waals surface area contributed by atoms with E-state index in [2.05, 4.69) is 15.1 Å². The summed E-state index contributed by atoms with van der Waals surface area (Å²) in [5.41, 5.74) is 1.74. The number of hydrogen-bond acceptors (Lipinski definition) is 5. The van der Waals surface area contributed by atoms with Crippen LogP contribution in [0, 0.1) is 0 Å². The third-order valence-corrected chi connectivity index (χ3v) is 3.92. The van der Waals surface area contributed by atoms with Crippen LogP contribution in [0.4, 0.5) is 5.69 Å². The highest BCUT2D eigenvalue weighted by Gasteiger charge is 2.35. The van der Waals surface area contributed by atoms with Gasteiger partial charge in [0.1, 0.15) is 0 Å². The van der Waals surface area contributed by atoms with Crippen LogP contribution < -0.4 is 4.90 Å². The highest BCUT2D eigenvalue weighted by molar-refractivity contribution is 5.96. The fourth-order valence-electron chi connectivity index (χ4n) is 2.75. The van der Waals surface area contributed by atoms with Gasteiger partial charge in [-0.15, -0.1) is 0 Å². The van der Waals surface area contributed by atoms with Crippen LogP contribution in [0.25, 0.3) is 11.4 Å². The number of rotatable bonds is 3. The number of anilines is 1. The predicted molar refractivity (Wildman–Crippen MR) is 83.7 cm³/mol. The van der Waals surface area contributed by atoms with Gasteiger partial charge in [0.15, 0.2) is 0 Å². The van der Waals surface area contributed by atoms with E-state index in [-0.39, 0.29) is 11.8 Å². The first-order valence-electron chi connectivity index (χ1n) is 7.40. The molecule has 1 aliphatic rings. The highest BCUT2D eigenvalue weighted by Crippen LogP contribution is 2.31. The molecule has 0 unspecified atom stereocenters. The first-order chi connectivity index (χ1) is 11.3. The lowest BCUT2D eigenvalue weighted by atomic mass is 10.1. The van der Waals surface area contributed by atoms with Crippen molar-refractivity contribution in [2.45, 2.75) is 12.3 Å². The number of hydrogen-bond donors (Lipinski definition) is 0. The minimum Gasteiger partial charge on any atom is -0.339 e. The Hall–Kier alpha value is -3.02. The van der Waals surface area contributed by atoms with Crippen LogP contribution in [0.2, 0.25) is 0 Å². The van der Waals surface area contributed by atoms with E-state index in [1.165, 1.54) is 0 Å². The molecular weight excluding hydrogens is 292 g/mol. The average Bonchev–Trinajstić information content (AvgIpc) is 3.23. The zero-order valence-corrected chi connectivity index (χ0v) is 12.3. The molecule has 1 aliphatic heterocycles. The van der Waals surface area contributed by atoms with E-state index in [0.717, 1.165) is 11.3 Å². The molecule has 0 saturated carbocycles. The first-order valence-corrected chi connectivity index (χ1v) is 7.40. The maximum atomic E-state index is 12.3. The van der Waals surface area contributed by atoms with Crippen LogP contribution in [0.5, 0.6) is 0 Å². The minimum atomic E-state index is -0.0780. The molecule has 1 aromatic carbocycles. The molecule has 1 amide bonds. The van der Waals surface area contributed by atoms with Crippen LogP contribution in [-0.4, -0.2) is 27.6 Å². The van der Waals surface area contributed by atoms with Crippen molar-refractivity contribution in [1.82, 2.24) is 15.1 Å². The normalized spacial score (nSPS) is 17.7. The van der Waals surface area contributed by atoms with Crippen LogP contribution in [0.15, 0.2) is 59.4 Å². The number of aromatic nitrogens is 3. The van der Waals surface area contributed by atoms with Gasteiger partial charge in [-0.1, -0.05) is 23.4 Å². The molecule has 6 nitrogen and oxygen atoms in total. The van der Waals surface area contributed by atoms with E-state index in [9.17, 15) is 4.79 Å². The molecule has 3 heterocycles. The lowest BCUT2D eigenvalue weighted by Crippen LogP contribution is -2.24. The fourth-order valence-corrected chi connectivity index (χ4v) is 2.75. The lowest BCUT2D eigenvalue weighted by Gasteiger charge is -2.15. The van der Waals surface area contributed by atoms with Gasteiger partial charge in [0.25, 0.3) is 0 Å². The van der Waals surface area contributed by atoms with E-state index in [4.69, 9.17) is 4.52 Å². The molecule has 1 atom stereocenters. The Morgan fingerprint density at radius 1 is 1.09 bits per heavy atom. The summed E-state index contributed by atoms with van der Waals surface area (Å²) in [6.07, 6.45) is 3.75. The average molecular weight is 306 g/mol. The number of nitrogens with zero attached hydrogens (tertiary/aromatic N) is 4. The Labute approximate surface area is 132 Å². The van der Waals surface area contributed by atoms with E-state index < -0.39 is 0 Å². The number of carbonyl (C=O) groups excluding carboxylic acids is 1. The van der Waals surface area contributed by atoms with Crippen LogP contribution in [0.1, 0.15) is 18.2 Å². The first kappa shape index (κ1) is 13.6. The Morgan fingerprint density at radius 2 is 1.87 bits per heavy atom. The molecule has 0 N–H and O–H groups in total. The van der Waals surface area contributed by atoms with Crippen molar-refractivity contribution in [3.63, 3.8) is 0 Å². The van der Waals surface area contributed by atoms with Crippen LogP contribution in [0.3, 0.4) is 0 Å². The molecule has 6 heteroatoms. The quantitative estimate of drug-likeness (QED) is 0.744. The standard InChI is InChI=1S/C17H14N4O2/c22-15-10-13(11-21(15)14-4-2-1-3-5-14)17-19-16(20-23-17)12-6-8-18-9-7-12/h1-9,13H,10-11H2/t13-/m1/s1. The third kappa shape index (κ3) is 2.59. The maximum Gasteiger partial charge on any atom is 0.232 e. The summed E-state index contributed by atoms with van der Waals surface area (Å²) in [6.45, 7) is 0.556. The van der Waals surface area contributed by atoms with E-state index in [1.54, 1.807) is 17.3 Å². The van der Waals surface area contributed by atoms with E-state index in [0.29, 0.717) is 24.7 Å². The van der Waals surface area contributed by atoms with Gasteiger partial charge < -0.3 is 9.42 Å². The van der Waals surface area contributed by atoms with Gasteiger partial charge in [-0.3, -0.25) is 9.78 Å². The summed E-state index contributed by atoms with van der Waals surface area (Å²) >= 11 is 0. The second kappa shape index (κ2) is 5.64. The Balaban J connectivity index is 1.56. The number of pyridine rings is 1. The number of para-hydroxylation sites is 1. The maximum absolute atomic E-state index is 12.3. The third-order valence-electron chi connectivity index (χ3n) is 3.92. The monoisotopic (exact) mass is 306 g/mol. The molecule has 0 bridgehead atoms. The van der Waals surface area contributed by atoms with E-state index >= 15 is 0 Å². The lowest BCUT2D eigenvalue weighted by molar-refractivity contribution is -0.117. The molecule has 3 aromatic rings. The minimum absolute atomic E-state index is 0.0739. The number of amides is 1. The molecular formula is C17H14N4O2. The van der Waals surface area contributed by atoms with Gasteiger partial charge in [0.05, 0.1) is 5.92 Å². The van der Waals surface area contributed by atoms with Crippen LogP contribution in [-0.2, 0) is 4.79 Å². The van der Waals surface area contributed by atoms with Gasteiger partial charge in [-0.25, -0.2) is 0 Å².